The van der Waals surface area contributed by atoms with Crippen LogP contribution in [-0.4, -0.2) is 65.1 Å². The van der Waals surface area contributed by atoms with Crippen LogP contribution in [0.5, 0.6) is 5.75 Å². The van der Waals surface area contributed by atoms with Crippen LogP contribution in [0.25, 0.3) is 10.9 Å². The average Bonchev–Trinajstić information content (AvgIpc) is 3.03. The summed E-state index contributed by atoms with van der Waals surface area (Å²) >= 11 is 0. The van der Waals surface area contributed by atoms with Crippen LogP contribution in [0.3, 0.4) is 0 Å². The first kappa shape index (κ1) is 16.8. The van der Waals surface area contributed by atoms with E-state index in [-0.39, 0.29) is 6.61 Å². The highest BCUT2D eigenvalue weighted by molar-refractivity contribution is 5.90. The van der Waals surface area contributed by atoms with Gasteiger partial charge in [0, 0.05) is 48.8 Å². The van der Waals surface area contributed by atoms with E-state index in [4.69, 9.17) is 10.00 Å². The first-order chi connectivity index (χ1) is 12.1. The summed E-state index contributed by atoms with van der Waals surface area (Å²) in [6.45, 7) is 1.93. The summed E-state index contributed by atoms with van der Waals surface area (Å²) in [6.07, 6.45) is 2.49. The number of carboxylic acids is 1. The third kappa shape index (κ3) is 3.41. The van der Waals surface area contributed by atoms with Crippen molar-refractivity contribution in [3.63, 3.8) is 0 Å². The number of H-pyrrole nitrogens is 1. The van der Waals surface area contributed by atoms with Crippen molar-refractivity contribution in [1.29, 1.82) is 5.26 Å². The Kier molecular flexibility index (Phi) is 4.86. The third-order valence-electron chi connectivity index (χ3n) is 4.38. The van der Waals surface area contributed by atoms with Crippen LogP contribution < -0.4 is 4.74 Å². The number of carbonyl (C=O) groups excluding carboxylic acids is 1. The van der Waals surface area contributed by atoms with Gasteiger partial charge in [0.1, 0.15) is 17.9 Å². The van der Waals surface area contributed by atoms with Crippen molar-refractivity contribution < 1.29 is 19.4 Å². The molecule has 2 aromatic rings. The van der Waals surface area contributed by atoms with Crippen molar-refractivity contribution in [1.82, 2.24) is 14.8 Å². The molecule has 8 nitrogen and oxygen atoms in total. The maximum atomic E-state index is 11.9. The highest BCUT2D eigenvalue weighted by Gasteiger charge is 2.31. The SMILES string of the molecule is N#CCOc1ccc2[nH]cc(C(C(=O)O)N3CCN(C=O)CC3)c2c1. The van der Waals surface area contributed by atoms with Crippen molar-refractivity contribution >= 4 is 23.3 Å². The number of nitriles is 1. The van der Waals surface area contributed by atoms with Gasteiger partial charge in [0.25, 0.3) is 0 Å². The molecule has 1 fully saturated rings. The molecular weight excluding hydrogens is 324 g/mol. The topological polar surface area (TPSA) is 110 Å². The van der Waals surface area contributed by atoms with Gasteiger partial charge >= 0.3 is 5.97 Å². The highest BCUT2D eigenvalue weighted by Crippen LogP contribution is 2.31. The largest absolute Gasteiger partial charge is 0.480 e. The Morgan fingerprint density at radius 1 is 1.40 bits per heavy atom. The second kappa shape index (κ2) is 7.23. The van der Waals surface area contributed by atoms with Crippen LogP contribution in [0.2, 0.25) is 0 Å². The summed E-state index contributed by atoms with van der Waals surface area (Å²) in [5.74, 6) is -0.423. The molecule has 0 saturated carbocycles. The standard InChI is InChI=1S/C17H18N4O4/c18-3-8-25-12-1-2-15-13(9-12)14(10-19-15)16(17(23)24)21-6-4-20(11-22)5-7-21/h1-2,9-11,16,19H,4-8H2,(H,23,24). The van der Waals surface area contributed by atoms with E-state index in [0.29, 0.717) is 37.5 Å². The number of rotatable bonds is 6. The van der Waals surface area contributed by atoms with Gasteiger partial charge in [0.05, 0.1) is 0 Å². The van der Waals surface area contributed by atoms with Gasteiger partial charge in [0.2, 0.25) is 6.41 Å². The molecule has 2 N–H and O–H groups in total. The second-order valence-corrected chi connectivity index (χ2v) is 5.82. The van der Waals surface area contributed by atoms with Crippen LogP contribution in [0.15, 0.2) is 24.4 Å². The molecular formula is C17H18N4O4. The van der Waals surface area contributed by atoms with Crippen molar-refractivity contribution in [3.05, 3.63) is 30.0 Å². The fraction of sp³-hybridized carbons (Fsp3) is 0.353. The maximum Gasteiger partial charge on any atom is 0.325 e. The van der Waals surface area contributed by atoms with Gasteiger partial charge in [-0.1, -0.05) is 0 Å². The summed E-state index contributed by atoms with van der Waals surface area (Å²) in [7, 11) is 0. The molecule has 2 heterocycles. The number of aliphatic carboxylic acids is 1. The molecule has 1 amide bonds. The normalized spacial score (nSPS) is 16.4. The third-order valence-corrected chi connectivity index (χ3v) is 4.38. The zero-order chi connectivity index (χ0) is 17.8. The Labute approximate surface area is 144 Å². The fourth-order valence-electron chi connectivity index (χ4n) is 3.14. The van der Waals surface area contributed by atoms with Gasteiger partial charge < -0.3 is 19.7 Å². The van der Waals surface area contributed by atoms with Gasteiger partial charge in [-0.2, -0.15) is 5.26 Å². The Hall–Kier alpha value is -3.05. The van der Waals surface area contributed by atoms with Crippen LogP contribution in [0.4, 0.5) is 0 Å². The number of piperazine rings is 1. The minimum atomic E-state index is -0.941. The summed E-state index contributed by atoms with van der Waals surface area (Å²) in [6, 6.07) is 6.38. The number of nitrogens with one attached hydrogen (secondary N) is 1. The molecule has 1 aromatic carbocycles. The zero-order valence-corrected chi connectivity index (χ0v) is 13.5. The smallest absolute Gasteiger partial charge is 0.325 e. The first-order valence-electron chi connectivity index (χ1n) is 7.91. The minimum Gasteiger partial charge on any atom is -0.480 e. The van der Waals surface area contributed by atoms with Gasteiger partial charge in [-0.3, -0.25) is 14.5 Å². The molecule has 1 aliphatic rings. The lowest BCUT2D eigenvalue weighted by Gasteiger charge is -2.36. The number of carbonyl (C=O) groups is 2. The fourth-order valence-corrected chi connectivity index (χ4v) is 3.14. The summed E-state index contributed by atoms with van der Waals surface area (Å²) < 4.78 is 5.32. The molecule has 0 radical (unpaired) electrons. The predicted octanol–water partition coefficient (Wildman–Crippen LogP) is 0.970. The number of hydrogen-bond acceptors (Lipinski definition) is 5. The van der Waals surface area contributed by atoms with Crippen molar-refractivity contribution in [3.8, 4) is 11.8 Å². The molecule has 0 spiro atoms. The number of aromatic amines is 1. The van der Waals surface area contributed by atoms with Crippen LogP contribution in [0.1, 0.15) is 11.6 Å². The Morgan fingerprint density at radius 3 is 2.80 bits per heavy atom. The lowest BCUT2D eigenvalue weighted by molar-refractivity contribution is -0.144. The van der Waals surface area contributed by atoms with E-state index in [2.05, 4.69) is 4.98 Å². The summed E-state index contributed by atoms with van der Waals surface area (Å²) in [5.41, 5.74) is 1.45. The lowest BCUT2D eigenvalue weighted by Crippen LogP contribution is -2.48. The summed E-state index contributed by atoms with van der Waals surface area (Å²) in [5, 5.41) is 19.2. The second-order valence-electron chi connectivity index (χ2n) is 5.82. The molecule has 1 unspecified atom stereocenters. The predicted molar refractivity (Wildman–Crippen MR) is 89.0 cm³/mol. The molecule has 1 saturated heterocycles. The van der Waals surface area contributed by atoms with E-state index in [0.717, 1.165) is 17.3 Å². The van der Waals surface area contributed by atoms with Gasteiger partial charge in [-0.15, -0.1) is 0 Å². The van der Waals surface area contributed by atoms with E-state index in [1.807, 2.05) is 11.0 Å². The van der Waals surface area contributed by atoms with Crippen LogP contribution >= 0.6 is 0 Å². The Balaban J connectivity index is 1.92. The molecule has 0 bridgehead atoms. The number of carboxylic acid groups (broad SMARTS) is 1. The Morgan fingerprint density at radius 2 is 2.16 bits per heavy atom. The number of fused-ring (bicyclic) bond motifs is 1. The molecule has 1 aromatic heterocycles. The van der Waals surface area contributed by atoms with E-state index < -0.39 is 12.0 Å². The number of aromatic nitrogens is 1. The zero-order valence-electron chi connectivity index (χ0n) is 13.5. The van der Waals surface area contributed by atoms with E-state index in [1.165, 1.54) is 0 Å². The van der Waals surface area contributed by atoms with Crippen LogP contribution in [0, 0.1) is 11.3 Å². The first-order valence-corrected chi connectivity index (χ1v) is 7.91. The monoisotopic (exact) mass is 342 g/mol. The van der Waals surface area contributed by atoms with Crippen molar-refractivity contribution in [2.45, 2.75) is 6.04 Å². The lowest BCUT2D eigenvalue weighted by atomic mass is 10.0. The molecule has 1 atom stereocenters. The van der Waals surface area contributed by atoms with Crippen LogP contribution in [-0.2, 0) is 9.59 Å². The van der Waals surface area contributed by atoms with Crippen molar-refractivity contribution in [2.24, 2.45) is 0 Å². The van der Waals surface area contributed by atoms with E-state index in [1.54, 1.807) is 29.3 Å². The molecule has 25 heavy (non-hydrogen) atoms. The number of benzene rings is 1. The van der Waals surface area contributed by atoms with Gasteiger partial charge in [-0.25, -0.2) is 0 Å². The van der Waals surface area contributed by atoms with Gasteiger partial charge in [-0.05, 0) is 18.2 Å². The Bertz CT molecular complexity index is 818. The molecule has 130 valence electrons. The van der Waals surface area contributed by atoms with E-state index >= 15 is 0 Å². The summed E-state index contributed by atoms with van der Waals surface area (Å²) in [4.78, 5) is 29.4. The maximum absolute atomic E-state index is 11.9. The van der Waals surface area contributed by atoms with Gasteiger partial charge in [0.15, 0.2) is 6.61 Å². The quantitative estimate of drug-likeness (QED) is 0.757. The molecule has 8 heteroatoms. The van der Waals surface area contributed by atoms with Crippen molar-refractivity contribution in [2.75, 3.05) is 32.8 Å². The number of ether oxygens (including phenoxy) is 1. The minimum absolute atomic E-state index is 0.0682. The molecule has 3 rings (SSSR count). The van der Waals surface area contributed by atoms with E-state index in [9.17, 15) is 14.7 Å². The molecule has 0 aliphatic carbocycles. The number of amides is 1. The average molecular weight is 342 g/mol. The number of hydrogen-bond donors (Lipinski definition) is 2. The number of nitrogens with zero attached hydrogens (tertiary/aromatic N) is 3. The molecule has 1 aliphatic heterocycles. The highest BCUT2D eigenvalue weighted by atomic mass is 16.5.